The quantitative estimate of drug-likeness (QED) is 0.867. The van der Waals surface area contributed by atoms with Gasteiger partial charge in [0.1, 0.15) is 5.75 Å². The lowest BCUT2D eigenvalue weighted by Gasteiger charge is -2.27. The summed E-state index contributed by atoms with van der Waals surface area (Å²) in [7, 11) is 0. The van der Waals surface area contributed by atoms with E-state index in [9.17, 15) is 9.90 Å². The van der Waals surface area contributed by atoms with E-state index in [1.807, 2.05) is 41.3 Å². The lowest BCUT2D eigenvalue weighted by molar-refractivity contribution is 0.0720. The third kappa shape index (κ3) is 3.14. The van der Waals surface area contributed by atoms with Crippen LogP contribution in [0.5, 0.6) is 5.75 Å². The maximum absolute atomic E-state index is 12.8. The number of carbonyl (C=O) groups excluding carboxylic acids is 1. The van der Waals surface area contributed by atoms with Crippen LogP contribution in [0.15, 0.2) is 60.7 Å². The molecule has 3 nitrogen and oxygen atoms in total. The molecule has 1 unspecified atom stereocenters. The summed E-state index contributed by atoms with van der Waals surface area (Å²) in [5.41, 5.74) is 2.66. The zero-order valence-corrected chi connectivity index (χ0v) is 13.4. The Morgan fingerprint density at radius 1 is 1.13 bits per heavy atom. The first-order valence-electron chi connectivity index (χ1n) is 7.93. The summed E-state index contributed by atoms with van der Waals surface area (Å²) in [5.74, 6) is 0.705. The number of amides is 1. The molecular formula is C20H21NO2. The van der Waals surface area contributed by atoms with Crippen LogP contribution in [0.2, 0.25) is 0 Å². The van der Waals surface area contributed by atoms with Crippen molar-refractivity contribution in [1.82, 2.24) is 4.90 Å². The molecule has 0 saturated heterocycles. The molecule has 1 amide bonds. The molecule has 2 aromatic rings. The minimum Gasteiger partial charge on any atom is -0.508 e. The molecule has 2 aromatic carbocycles. The molecule has 3 rings (SSSR count). The van der Waals surface area contributed by atoms with Crippen molar-refractivity contribution in [2.75, 3.05) is 6.54 Å². The molecule has 0 aromatic heterocycles. The molecular weight excluding hydrogens is 286 g/mol. The van der Waals surface area contributed by atoms with Crippen molar-refractivity contribution in [3.05, 3.63) is 66.2 Å². The fourth-order valence-corrected chi connectivity index (χ4v) is 2.99. The van der Waals surface area contributed by atoms with Gasteiger partial charge in [-0.15, -0.1) is 0 Å². The summed E-state index contributed by atoms with van der Waals surface area (Å²) >= 11 is 0. The Morgan fingerprint density at radius 3 is 2.57 bits per heavy atom. The van der Waals surface area contributed by atoms with E-state index in [1.54, 1.807) is 12.1 Å². The number of phenolic OH excluding ortho intramolecular Hbond substituents is 1. The van der Waals surface area contributed by atoms with Crippen molar-refractivity contribution in [2.45, 2.75) is 19.9 Å². The van der Waals surface area contributed by atoms with Gasteiger partial charge in [-0.25, -0.2) is 0 Å². The predicted octanol–water partition coefficient (Wildman–Crippen LogP) is 4.10. The second-order valence-corrected chi connectivity index (χ2v) is 6.25. The van der Waals surface area contributed by atoms with Crippen molar-refractivity contribution in [2.24, 2.45) is 5.92 Å². The maximum atomic E-state index is 12.8. The van der Waals surface area contributed by atoms with E-state index in [2.05, 4.69) is 26.0 Å². The summed E-state index contributed by atoms with van der Waals surface area (Å²) in [6.07, 6.45) is 4.18. The fraction of sp³-hybridized carbons (Fsp3) is 0.250. The summed E-state index contributed by atoms with van der Waals surface area (Å²) < 4.78 is 0. The minimum absolute atomic E-state index is 0.0642. The molecule has 1 atom stereocenters. The molecule has 0 radical (unpaired) electrons. The number of benzene rings is 2. The van der Waals surface area contributed by atoms with Crippen LogP contribution in [-0.2, 0) is 0 Å². The third-order valence-electron chi connectivity index (χ3n) is 4.25. The Labute approximate surface area is 136 Å². The summed E-state index contributed by atoms with van der Waals surface area (Å²) in [5, 5.41) is 9.40. The van der Waals surface area contributed by atoms with Gasteiger partial charge < -0.3 is 10.0 Å². The monoisotopic (exact) mass is 307 g/mol. The SMILES string of the molecule is CC(C)C1C=CCN1C(=O)c1cccc(-c2ccc(O)cc2)c1. The highest BCUT2D eigenvalue weighted by Crippen LogP contribution is 2.25. The highest BCUT2D eigenvalue weighted by molar-refractivity contribution is 5.96. The van der Waals surface area contributed by atoms with Gasteiger partial charge in [-0.2, -0.15) is 0 Å². The van der Waals surface area contributed by atoms with E-state index in [0.29, 0.717) is 18.0 Å². The predicted molar refractivity (Wildman–Crippen MR) is 92.3 cm³/mol. The highest BCUT2D eigenvalue weighted by Gasteiger charge is 2.27. The lowest BCUT2D eigenvalue weighted by Crippen LogP contribution is -2.39. The second kappa shape index (κ2) is 6.29. The topological polar surface area (TPSA) is 40.5 Å². The van der Waals surface area contributed by atoms with Gasteiger partial charge in [0.05, 0.1) is 6.04 Å². The highest BCUT2D eigenvalue weighted by atomic mass is 16.3. The van der Waals surface area contributed by atoms with Crippen molar-refractivity contribution in [3.8, 4) is 16.9 Å². The van der Waals surface area contributed by atoms with Crippen molar-refractivity contribution in [1.29, 1.82) is 0 Å². The van der Waals surface area contributed by atoms with Crippen molar-refractivity contribution >= 4 is 5.91 Å². The number of phenols is 1. The largest absolute Gasteiger partial charge is 0.508 e. The zero-order valence-electron chi connectivity index (χ0n) is 13.4. The van der Waals surface area contributed by atoms with Crippen LogP contribution in [0.1, 0.15) is 24.2 Å². The average molecular weight is 307 g/mol. The van der Waals surface area contributed by atoms with Crippen molar-refractivity contribution in [3.63, 3.8) is 0 Å². The third-order valence-corrected chi connectivity index (χ3v) is 4.25. The molecule has 0 spiro atoms. The first-order valence-corrected chi connectivity index (χ1v) is 7.93. The molecule has 1 N–H and O–H groups in total. The number of hydrogen-bond acceptors (Lipinski definition) is 2. The van der Waals surface area contributed by atoms with Crippen LogP contribution in [0.25, 0.3) is 11.1 Å². The molecule has 0 aliphatic carbocycles. The maximum Gasteiger partial charge on any atom is 0.254 e. The summed E-state index contributed by atoms with van der Waals surface area (Å²) in [4.78, 5) is 14.8. The Hall–Kier alpha value is -2.55. The van der Waals surface area contributed by atoms with Crippen LogP contribution in [0.3, 0.4) is 0 Å². The fourth-order valence-electron chi connectivity index (χ4n) is 2.99. The molecule has 3 heteroatoms. The molecule has 0 fully saturated rings. The zero-order chi connectivity index (χ0) is 16.4. The molecule has 1 heterocycles. The van der Waals surface area contributed by atoms with Crippen LogP contribution in [0, 0.1) is 5.92 Å². The number of hydrogen-bond donors (Lipinski definition) is 1. The van der Waals surface area contributed by atoms with E-state index < -0.39 is 0 Å². The van der Waals surface area contributed by atoms with Crippen LogP contribution in [-0.4, -0.2) is 28.5 Å². The normalized spacial score (nSPS) is 17.0. The van der Waals surface area contributed by atoms with Gasteiger partial charge in [0.25, 0.3) is 5.91 Å². The molecule has 118 valence electrons. The number of nitrogens with zero attached hydrogens (tertiary/aromatic N) is 1. The first-order chi connectivity index (χ1) is 11.1. The Bertz CT molecular complexity index is 732. The Morgan fingerprint density at radius 2 is 1.87 bits per heavy atom. The van der Waals surface area contributed by atoms with Gasteiger partial charge in [-0.05, 0) is 41.3 Å². The van der Waals surface area contributed by atoms with Gasteiger partial charge in [-0.3, -0.25) is 4.79 Å². The minimum atomic E-state index is 0.0642. The van der Waals surface area contributed by atoms with Gasteiger partial charge in [0.2, 0.25) is 0 Å². The Kier molecular flexibility index (Phi) is 4.20. The van der Waals surface area contributed by atoms with E-state index in [-0.39, 0.29) is 17.7 Å². The standard InChI is InChI=1S/C20H21NO2/c1-14(2)19-7-4-12-21(19)20(23)17-6-3-5-16(13-17)15-8-10-18(22)11-9-15/h3-11,13-14,19,22H,12H2,1-2H3. The van der Waals surface area contributed by atoms with E-state index in [1.165, 1.54) is 0 Å². The Balaban J connectivity index is 1.88. The van der Waals surface area contributed by atoms with Crippen LogP contribution < -0.4 is 0 Å². The molecule has 1 aliphatic rings. The van der Waals surface area contributed by atoms with Gasteiger partial charge >= 0.3 is 0 Å². The van der Waals surface area contributed by atoms with Gasteiger partial charge in [0, 0.05) is 12.1 Å². The lowest BCUT2D eigenvalue weighted by atomic mass is 10.0. The van der Waals surface area contributed by atoms with Crippen LogP contribution >= 0.6 is 0 Å². The molecule has 23 heavy (non-hydrogen) atoms. The molecule has 1 aliphatic heterocycles. The van der Waals surface area contributed by atoms with E-state index in [4.69, 9.17) is 0 Å². The number of rotatable bonds is 3. The summed E-state index contributed by atoms with van der Waals surface area (Å²) in [6.45, 7) is 4.94. The van der Waals surface area contributed by atoms with Crippen molar-refractivity contribution < 1.29 is 9.90 Å². The van der Waals surface area contributed by atoms with E-state index in [0.717, 1.165) is 11.1 Å². The molecule has 0 bridgehead atoms. The van der Waals surface area contributed by atoms with Gasteiger partial charge in [0.15, 0.2) is 0 Å². The average Bonchev–Trinajstić information content (AvgIpc) is 3.05. The number of aromatic hydroxyl groups is 1. The first kappa shape index (κ1) is 15.3. The van der Waals surface area contributed by atoms with E-state index >= 15 is 0 Å². The molecule has 0 saturated carbocycles. The summed E-state index contributed by atoms with van der Waals surface area (Å²) in [6, 6.07) is 14.9. The number of carbonyl (C=O) groups is 1. The van der Waals surface area contributed by atoms with Gasteiger partial charge in [-0.1, -0.05) is 50.3 Å². The smallest absolute Gasteiger partial charge is 0.254 e. The van der Waals surface area contributed by atoms with Crippen LogP contribution in [0.4, 0.5) is 0 Å². The second-order valence-electron chi connectivity index (χ2n) is 6.25.